The van der Waals surface area contributed by atoms with E-state index in [9.17, 15) is 17.4 Å². The van der Waals surface area contributed by atoms with Crippen molar-refractivity contribution in [3.63, 3.8) is 0 Å². The molecule has 0 fully saturated rings. The first-order valence-electron chi connectivity index (χ1n) is 9.91. The molecule has 0 spiro atoms. The molecular formula is C22H24F3N3O2S2. The summed E-state index contributed by atoms with van der Waals surface area (Å²) < 4.78 is 57.9. The van der Waals surface area contributed by atoms with Gasteiger partial charge in [-0.05, 0) is 50.1 Å². The van der Waals surface area contributed by atoms with E-state index in [1.807, 2.05) is 26.0 Å². The molecule has 3 aromatic rings. The van der Waals surface area contributed by atoms with Crippen molar-refractivity contribution in [1.82, 2.24) is 9.97 Å². The molecule has 0 radical (unpaired) electrons. The second-order valence-electron chi connectivity index (χ2n) is 7.17. The Balaban J connectivity index is 2.10. The molecule has 0 bridgehead atoms. The van der Waals surface area contributed by atoms with E-state index in [0.29, 0.717) is 34.7 Å². The summed E-state index contributed by atoms with van der Waals surface area (Å²) in [5.74, 6) is 0.703. The van der Waals surface area contributed by atoms with E-state index in [4.69, 9.17) is 9.88 Å². The number of unbranched alkanes of at least 4 members (excludes halogenated alkanes) is 1. The van der Waals surface area contributed by atoms with Crippen molar-refractivity contribution < 1.29 is 22.1 Å². The summed E-state index contributed by atoms with van der Waals surface area (Å²) in [7, 11) is -1.69. The first-order valence-corrected chi connectivity index (χ1v) is 12.3. The number of thiazole rings is 1. The minimum Gasteiger partial charge on any atom is -0.497 e. The Kier molecular flexibility index (Phi) is 7.26. The molecule has 2 N–H and O–H groups in total. The van der Waals surface area contributed by atoms with Crippen LogP contribution in [-0.2, 0) is 15.9 Å². The van der Waals surface area contributed by atoms with Gasteiger partial charge in [0.1, 0.15) is 11.4 Å². The van der Waals surface area contributed by atoms with Gasteiger partial charge in [-0.2, -0.15) is 13.2 Å². The molecule has 0 aliphatic rings. The number of halogens is 3. The average molecular weight is 484 g/mol. The molecule has 32 heavy (non-hydrogen) atoms. The van der Waals surface area contributed by atoms with Crippen LogP contribution < -0.4 is 9.88 Å². The Morgan fingerprint density at radius 1 is 1.19 bits per heavy atom. The van der Waals surface area contributed by atoms with Crippen molar-refractivity contribution in [2.75, 3.05) is 7.11 Å². The van der Waals surface area contributed by atoms with Gasteiger partial charge in [-0.25, -0.2) is 9.19 Å². The summed E-state index contributed by atoms with van der Waals surface area (Å²) in [5.41, 5.74) is 0.808. The fourth-order valence-electron chi connectivity index (χ4n) is 3.16. The monoisotopic (exact) mass is 483 g/mol. The molecule has 1 aromatic carbocycles. The van der Waals surface area contributed by atoms with Gasteiger partial charge in [-0.3, -0.25) is 10.1 Å². The Hall–Kier alpha value is -2.43. The lowest BCUT2D eigenvalue weighted by Gasteiger charge is -2.13. The number of nitrogens with zero attached hydrogens (tertiary/aromatic N) is 2. The highest BCUT2D eigenvalue weighted by Crippen LogP contribution is 2.32. The zero-order chi connectivity index (χ0) is 23.5. The van der Waals surface area contributed by atoms with Gasteiger partial charge in [0.25, 0.3) is 0 Å². The summed E-state index contributed by atoms with van der Waals surface area (Å²) in [4.78, 5) is 9.29. The van der Waals surface area contributed by atoms with Crippen LogP contribution in [0.4, 0.5) is 13.2 Å². The quantitative estimate of drug-likeness (QED) is 0.357. The van der Waals surface area contributed by atoms with E-state index < -0.39 is 21.6 Å². The van der Waals surface area contributed by atoms with Crippen LogP contribution in [0.1, 0.15) is 42.3 Å². The van der Waals surface area contributed by atoms with Crippen molar-refractivity contribution in [2.24, 2.45) is 5.14 Å². The zero-order valence-corrected chi connectivity index (χ0v) is 19.5. The molecule has 2 aromatic heterocycles. The number of methoxy groups -OCH3 is 1. The van der Waals surface area contributed by atoms with E-state index in [-0.39, 0.29) is 4.34 Å². The molecule has 1 unspecified atom stereocenters. The second-order valence-corrected chi connectivity index (χ2v) is 10.7. The number of benzene rings is 1. The number of aromatic nitrogens is 2. The van der Waals surface area contributed by atoms with Crippen LogP contribution in [0.25, 0.3) is 11.3 Å². The average Bonchev–Trinajstić information content (AvgIpc) is 3.16. The number of aryl methyl sites for hydroxylation is 1. The predicted molar refractivity (Wildman–Crippen MR) is 122 cm³/mol. The fraction of sp³-hybridized carbons (Fsp3) is 0.318. The Bertz CT molecular complexity index is 1190. The predicted octanol–water partition coefficient (Wildman–Crippen LogP) is 5.47. The molecule has 2 heterocycles. The maximum absolute atomic E-state index is 13.8. The second kappa shape index (κ2) is 9.60. The highest BCUT2D eigenvalue weighted by molar-refractivity contribution is 8.02. The van der Waals surface area contributed by atoms with Crippen LogP contribution in [0, 0.1) is 6.92 Å². The molecule has 5 nitrogen and oxygen atoms in total. The van der Waals surface area contributed by atoms with Crippen LogP contribution in [0.2, 0.25) is 0 Å². The third kappa shape index (κ3) is 5.13. The van der Waals surface area contributed by atoms with E-state index >= 15 is 0 Å². The first kappa shape index (κ1) is 24.2. The fourth-order valence-corrected chi connectivity index (χ4v) is 6.35. The largest absolute Gasteiger partial charge is 0.497 e. The van der Waals surface area contributed by atoms with Gasteiger partial charge in [0.05, 0.1) is 22.5 Å². The third-order valence-electron chi connectivity index (χ3n) is 4.90. The highest BCUT2D eigenvalue weighted by Gasteiger charge is 2.32. The minimum absolute atomic E-state index is 0.242. The smallest absolute Gasteiger partial charge is 0.433 e. The Morgan fingerprint density at radius 2 is 1.88 bits per heavy atom. The number of rotatable bonds is 7. The number of pyridine rings is 1. The minimum atomic E-state index is -4.55. The van der Waals surface area contributed by atoms with E-state index in [0.717, 1.165) is 29.1 Å². The summed E-state index contributed by atoms with van der Waals surface area (Å²) in [6.45, 7) is 3.83. The van der Waals surface area contributed by atoms with Crippen molar-refractivity contribution in [3.05, 3.63) is 58.7 Å². The van der Waals surface area contributed by atoms with Crippen molar-refractivity contribution >= 4 is 25.9 Å². The zero-order valence-electron chi connectivity index (χ0n) is 17.9. The molecule has 10 heteroatoms. The topological polar surface area (TPSA) is 78.1 Å². The van der Waals surface area contributed by atoms with Crippen LogP contribution in [0.5, 0.6) is 5.75 Å². The summed E-state index contributed by atoms with van der Waals surface area (Å²) >= 11 is 1.23. The molecule has 0 amide bonds. The molecule has 0 aliphatic heterocycles. The van der Waals surface area contributed by atoms with Crippen LogP contribution in [-0.4, -0.2) is 26.2 Å². The number of ether oxygens (including phenoxy) is 1. The van der Waals surface area contributed by atoms with Crippen molar-refractivity contribution in [3.8, 4) is 17.0 Å². The SMILES string of the molecule is CCCCC(c1ccc(C(F)(F)F)nc1)=S(N)(=O)c1nc(-c2ccc(OC)cc2)c(C)s1. The standard InChI is InChI=1S/C22H24F3N3O2S2/c1-4-5-6-18(16-9-12-19(27-13-16)22(23,24)25)32(26,29)21-28-20(14(2)31-21)15-7-10-17(30-3)11-8-15/h7-13H,4-6H2,1-3H3,(H2,26,29). The molecular weight excluding hydrogens is 459 g/mol. The van der Waals surface area contributed by atoms with Gasteiger partial charge in [0.2, 0.25) is 0 Å². The van der Waals surface area contributed by atoms with Gasteiger partial charge in [0.15, 0.2) is 4.34 Å². The molecule has 172 valence electrons. The van der Waals surface area contributed by atoms with Crippen LogP contribution in [0.15, 0.2) is 46.9 Å². The van der Waals surface area contributed by atoms with Gasteiger partial charge in [-0.15, -0.1) is 11.3 Å². The third-order valence-corrected chi connectivity index (χ3v) is 8.44. The molecule has 0 saturated heterocycles. The summed E-state index contributed by atoms with van der Waals surface area (Å²) in [6, 6.07) is 9.47. The van der Waals surface area contributed by atoms with Crippen molar-refractivity contribution in [2.45, 2.75) is 43.6 Å². The van der Waals surface area contributed by atoms with Gasteiger partial charge in [-0.1, -0.05) is 19.4 Å². The van der Waals surface area contributed by atoms with Crippen LogP contribution >= 0.6 is 11.3 Å². The number of alkyl halides is 3. The van der Waals surface area contributed by atoms with Gasteiger partial charge in [0, 0.05) is 27.1 Å². The number of nitrogens with two attached hydrogens (primary N) is 1. The lowest BCUT2D eigenvalue weighted by molar-refractivity contribution is -0.141. The van der Waals surface area contributed by atoms with E-state index in [1.165, 1.54) is 17.4 Å². The number of hydrogen-bond donors (Lipinski definition) is 1. The molecule has 3 rings (SSSR count). The van der Waals surface area contributed by atoms with E-state index in [2.05, 4.69) is 9.97 Å². The normalized spacial score (nSPS) is 13.6. The summed E-state index contributed by atoms with van der Waals surface area (Å²) in [6.07, 6.45) is -1.60. The van der Waals surface area contributed by atoms with Gasteiger partial charge < -0.3 is 4.74 Å². The molecule has 0 saturated carbocycles. The Morgan fingerprint density at radius 3 is 2.41 bits per heavy atom. The lowest BCUT2D eigenvalue weighted by Crippen LogP contribution is -2.24. The lowest BCUT2D eigenvalue weighted by atomic mass is 10.1. The Labute approximate surface area is 189 Å². The highest BCUT2D eigenvalue weighted by atomic mass is 32.2. The van der Waals surface area contributed by atoms with Crippen molar-refractivity contribution in [1.29, 1.82) is 0 Å². The summed E-state index contributed by atoms with van der Waals surface area (Å²) in [5, 5.41) is 6.35. The maximum atomic E-state index is 13.8. The van der Waals surface area contributed by atoms with Crippen LogP contribution in [0.3, 0.4) is 0 Å². The number of hydrogen-bond acceptors (Lipinski definition) is 5. The first-order chi connectivity index (χ1) is 15.1. The van der Waals surface area contributed by atoms with E-state index in [1.54, 1.807) is 19.2 Å². The molecule has 0 aliphatic carbocycles. The maximum Gasteiger partial charge on any atom is 0.433 e. The molecule has 1 atom stereocenters. The van der Waals surface area contributed by atoms with Gasteiger partial charge >= 0.3 is 6.18 Å².